The van der Waals surface area contributed by atoms with E-state index in [0.717, 1.165) is 23.1 Å². The van der Waals surface area contributed by atoms with Crippen LogP contribution in [0.25, 0.3) is 22.6 Å². The van der Waals surface area contributed by atoms with Crippen molar-refractivity contribution in [3.8, 4) is 11.5 Å². The SMILES string of the molecule is O=C1[C@@H]2[C@@H](C(=O)N1c1ccc(-c3nc4ccccc4o3)cc1)[C@H]1C=C[C@H]2C1. The number of hydrogen-bond acceptors (Lipinski definition) is 4. The molecule has 0 spiro atoms. The van der Waals surface area contributed by atoms with Gasteiger partial charge in [0.05, 0.1) is 17.5 Å². The summed E-state index contributed by atoms with van der Waals surface area (Å²) in [5.74, 6) is 0.503. The lowest BCUT2D eigenvalue weighted by Crippen LogP contribution is -2.32. The van der Waals surface area contributed by atoms with Crippen molar-refractivity contribution in [1.29, 1.82) is 0 Å². The highest BCUT2D eigenvalue weighted by Gasteiger charge is 2.59. The van der Waals surface area contributed by atoms with E-state index in [9.17, 15) is 9.59 Å². The lowest BCUT2D eigenvalue weighted by Gasteiger charge is -2.17. The molecule has 1 saturated heterocycles. The van der Waals surface area contributed by atoms with E-state index in [1.54, 1.807) is 12.1 Å². The number of imide groups is 1. The van der Waals surface area contributed by atoms with Gasteiger partial charge in [-0.05, 0) is 54.7 Å². The summed E-state index contributed by atoms with van der Waals surface area (Å²) in [6.45, 7) is 0. The van der Waals surface area contributed by atoms with Crippen LogP contribution in [0.4, 0.5) is 5.69 Å². The summed E-state index contributed by atoms with van der Waals surface area (Å²) < 4.78 is 5.79. The summed E-state index contributed by atoms with van der Waals surface area (Å²) in [6.07, 6.45) is 5.16. The van der Waals surface area contributed by atoms with Gasteiger partial charge < -0.3 is 4.42 Å². The number of nitrogens with zero attached hydrogens (tertiary/aromatic N) is 2. The third kappa shape index (κ3) is 1.97. The molecule has 27 heavy (non-hydrogen) atoms. The number of amides is 2. The molecule has 3 aromatic rings. The Morgan fingerprint density at radius 1 is 0.889 bits per heavy atom. The number of hydrogen-bond donors (Lipinski definition) is 0. The smallest absolute Gasteiger partial charge is 0.238 e. The van der Waals surface area contributed by atoms with Crippen LogP contribution in [0.1, 0.15) is 6.42 Å². The molecule has 1 saturated carbocycles. The zero-order chi connectivity index (χ0) is 18.1. The van der Waals surface area contributed by atoms with Crippen molar-refractivity contribution < 1.29 is 14.0 Å². The van der Waals surface area contributed by atoms with Crippen LogP contribution in [0.15, 0.2) is 65.1 Å². The summed E-state index contributed by atoms with van der Waals surface area (Å²) >= 11 is 0. The van der Waals surface area contributed by atoms with Crippen molar-refractivity contribution in [2.24, 2.45) is 23.7 Å². The summed E-state index contributed by atoms with van der Waals surface area (Å²) in [5, 5.41) is 0. The van der Waals surface area contributed by atoms with Gasteiger partial charge >= 0.3 is 0 Å². The van der Waals surface area contributed by atoms with Gasteiger partial charge in [-0.3, -0.25) is 14.5 Å². The Kier molecular flexibility index (Phi) is 2.85. The number of allylic oxidation sites excluding steroid dienone is 2. The second-order valence-electron chi connectivity index (χ2n) is 7.55. The van der Waals surface area contributed by atoms with E-state index < -0.39 is 0 Å². The molecule has 5 nitrogen and oxygen atoms in total. The number of oxazole rings is 1. The molecule has 3 aliphatic rings. The van der Waals surface area contributed by atoms with Gasteiger partial charge in [0.1, 0.15) is 5.52 Å². The highest BCUT2D eigenvalue weighted by molar-refractivity contribution is 6.22. The van der Waals surface area contributed by atoms with Crippen LogP contribution in [0.3, 0.4) is 0 Å². The minimum atomic E-state index is -0.177. The van der Waals surface area contributed by atoms with Crippen LogP contribution < -0.4 is 4.90 Å². The molecular formula is C22H16N2O3. The molecule has 0 radical (unpaired) electrons. The monoisotopic (exact) mass is 356 g/mol. The molecule has 2 aromatic carbocycles. The Bertz CT molecular complexity index is 1060. The third-order valence-corrected chi connectivity index (χ3v) is 6.14. The van der Waals surface area contributed by atoms with E-state index in [-0.39, 0.29) is 35.5 Å². The number of rotatable bonds is 2. The average molecular weight is 356 g/mol. The maximum atomic E-state index is 12.9. The molecule has 0 N–H and O–H groups in total. The lowest BCUT2D eigenvalue weighted by molar-refractivity contribution is -0.123. The van der Waals surface area contributed by atoms with Gasteiger partial charge in [-0.1, -0.05) is 24.3 Å². The van der Waals surface area contributed by atoms with E-state index >= 15 is 0 Å². The normalized spacial score (nSPS) is 28.5. The average Bonchev–Trinajstić information content (AvgIpc) is 3.45. The summed E-state index contributed by atoms with van der Waals surface area (Å²) in [6, 6.07) is 14.9. The molecule has 4 atom stereocenters. The fraction of sp³-hybridized carbons (Fsp3) is 0.227. The maximum absolute atomic E-state index is 12.9. The predicted molar refractivity (Wildman–Crippen MR) is 99.7 cm³/mol. The van der Waals surface area contributed by atoms with Gasteiger partial charge in [-0.25, -0.2) is 4.98 Å². The first-order valence-electron chi connectivity index (χ1n) is 9.23. The van der Waals surface area contributed by atoms with Gasteiger partial charge in [0.15, 0.2) is 5.58 Å². The van der Waals surface area contributed by atoms with Crippen molar-refractivity contribution in [3.05, 3.63) is 60.7 Å². The Balaban J connectivity index is 1.33. The van der Waals surface area contributed by atoms with Crippen LogP contribution >= 0.6 is 0 Å². The van der Waals surface area contributed by atoms with Crippen molar-refractivity contribution >= 4 is 28.6 Å². The second kappa shape index (κ2) is 5.16. The summed E-state index contributed by atoms with van der Waals surface area (Å²) in [4.78, 5) is 31.7. The highest BCUT2D eigenvalue weighted by Crippen LogP contribution is 2.53. The van der Waals surface area contributed by atoms with Crippen molar-refractivity contribution in [2.45, 2.75) is 6.42 Å². The molecule has 1 aliphatic heterocycles. The molecule has 6 rings (SSSR count). The number of carbonyl (C=O) groups is 2. The topological polar surface area (TPSA) is 63.4 Å². The van der Waals surface area contributed by atoms with E-state index in [1.807, 2.05) is 36.4 Å². The van der Waals surface area contributed by atoms with Crippen LogP contribution in [-0.2, 0) is 9.59 Å². The Hall–Kier alpha value is -3.21. The van der Waals surface area contributed by atoms with Gasteiger partial charge in [0.25, 0.3) is 0 Å². The Morgan fingerprint density at radius 3 is 2.22 bits per heavy atom. The molecule has 0 unspecified atom stereocenters. The van der Waals surface area contributed by atoms with Crippen molar-refractivity contribution in [2.75, 3.05) is 4.90 Å². The van der Waals surface area contributed by atoms with E-state index in [4.69, 9.17) is 4.42 Å². The van der Waals surface area contributed by atoms with Gasteiger partial charge in [-0.15, -0.1) is 0 Å². The quantitative estimate of drug-likeness (QED) is 0.517. The zero-order valence-electron chi connectivity index (χ0n) is 14.4. The molecule has 2 bridgehead atoms. The van der Waals surface area contributed by atoms with Crippen LogP contribution in [0.5, 0.6) is 0 Å². The molecule has 2 fully saturated rings. The second-order valence-corrected chi connectivity index (χ2v) is 7.55. The molecule has 2 heterocycles. The predicted octanol–water partition coefficient (Wildman–Crippen LogP) is 3.81. The Labute approximate surface area is 155 Å². The molecule has 5 heteroatoms. The Morgan fingerprint density at radius 2 is 1.56 bits per heavy atom. The van der Waals surface area contributed by atoms with Gasteiger partial charge in [-0.2, -0.15) is 0 Å². The van der Waals surface area contributed by atoms with Crippen molar-refractivity contribution in [1.82, 2.24) is 4.98 Å². The summed E-state index contributed by atoms with van der Waals surface area (Å²) in [7, 11) is 0. The van der Waals surface area contributed by atoms with Crippen LogP contribution in [0.2, 0.25) is 0 Å². The number of aromatic nitrogens is 1. The number of fused-ring (bicyclic) bond motifs is 6. The van der Waals surface area contributed by atoms with Crippen molar-refractivity contribution in [3.63, 3.8) is 0 Å². The van der Waals surface area contributed by atoms with Crippen LogP contribution in [0, 0.1) is 23.7 Å². The van der Waals surface area contributed by atoms with E-state index in [0.29, 0.717) is 11.6 Å². The molecule has 1 aromatic heterocycles. The van der Waals surface area contributed by atoms with Gasteiger partial charge in [0.2, 0.25) is 17.7 Å². The largest absolute Gasteiger partial charge is 0.436 e. The number of carbonyl (C=O) groups excluding carboxylic acids is 2. The van der Waals surface area contributed by atoms with Crippen LogP contribution in [-0.4, -0.2) is 16.8 Å². The number of para-hydroxylation sites is 2. The highest BCUT2D eigenvalue weighted by atomic mass is 16.3. The number of benzene rings is 2. The first-order chi connectivity index (χ1) is 13.2. The molecule has 2 aliphatic carbocycles. The fourth-order valence-corrected chi connectivity index (χ4v) is 4.91. The minimum absolute atomic E-state index is 0.0588. The fourth-order valence-electron chi connectivity index (χ4n) is 4.91. The molecule has 132 valence electrons. The number of anilines is 1. The van der Waals surface area contributed by atoms with E-state index in [1.165, 1.54) is 4.90 Å². The van der Waals surface area contributed by atoms with Gasteiger partial charge in [0, 0.05) is 5.56 Å². The maximum Gasteiger partial charge on any atom is 0.238 e. The first kappa shape index (κ1) is 14.9. The zero-order valence-corrected chi connectivity index (χ0v) is 14.4. The lowest BCUT2D eigenvalue weighted by atomic mass is 9.85. The third-order valence-electron chi connectivity index (χ3n) is 6.14. The van der Waals surface area contributed by atoms with E-state index in [2.05, 4.69) is 17.1 Å². The molecular weight excluding hydrogens is 340 g/mol. The standard InChI is InChI=1S/C22H16N2O3/c25-21-18-13-5-6-14(11-13)19(18)22(26)24(21)15-9-7-12(8-10-15)20-23-16-3-1-2-4-17(16)27-20/h1-10,13-14,18-19H,11H2/t13-,14-,18-,19-/m0/s1. The first-order valence-corrected chi connectivity index (χ1v) is 9.23. The summed E-state index contributed by atoms with van der Waals surface area (Å²) in [5.41, 5.74) is 2.98. The minimum Gasteiger partial charge on any atom is -0.436 e. The molecule has 2 amide bonds.